The molecular weight excluding hydrogens is 837 g/mol. The molecule has 0 atom stereocenters. The normalized spacial score (nSPS) is 12.1. The molecule has 0 fully saturated rings. The molecule has 10 aromatic rings. The molecule has 0 aliphatic heterocycles. The van der Waals surface area contributed by atoms with Crippen molar-refractivity contribution in [1.29, 1.82) is 0 Å². The van der Waals surface area contributed by atoms with Gasteiger partial charge in [-0.15, -0.1) is 0 Å². The van der Waals surface area contributed by atoms with Crippen LogP contribution >= 0.6 is 10.0 Å². The van der Waals surface area contributed by atoms with E-state index in [1.54, 1.807) is 0 Å². The van der Waals surface area contributed by atoms with E-state index in [4.69, 9.17) is 4.42 Å². The number of fused-ring (bicyclic) bond motifs is 4. The minimum atomic E-state index is -1.04. The lowest BCUT2D eigenvalue weighted by molar-refractivity contribution is 0.669. The Morgan fingerprint density at radius 1 is 0.379 bits per heavy atom. The molecule has 0 bridgehead atoms. The smallest absolute Gasteiger partial charge is 0.137 e. The van der Waals surface area contributed by atoms with E-state index in [2.05, 4.69) is 251 Å². The van der Waals surface area contributed by atoms with Crippen LogP contribution in [0.2, 0.25) is 13.1 Å². The molecule has 10 rings (SSSR count). The third-order valence-electron chi connectivity index (χ3n) is 12.9. The van der Waals surface area contributed by atoms with E-state index in [-0.39, 0.29) is 0 Å². The molecule has 0 aliphatic carbocycles. The van der Waals surface area contributed by atoms with E-state index in [9.17, 15) is 0 Å². The van der Waals surface area contributed by atoms with E-state index in [0.717, 1.165) is 55.8 Å². The Balaban J connectivity index is 1.05. The Hall–Kier alpha value is -6.79. The standard InChI is InChI=1S/C61H58N2OSSi/c1-40-28-41(2)31-47(30-40)44-16-21-50(22-17-44)62(52-12-10-14-56(37-52)65(5,6)7)55-26-27-58-59-35-46-20-25-54(34-49(46)36-60(59)64-61(58)39-55)63(53-13-11-15-57(38-53)66(8)9)51-23-18-45(19-24-51)48-32-42(3)29-43(4)33-48/h10-39,66H,1-9H3. The first-order valence-electron chi connectivity index (χ1n) is 23.0. The Labute approximate surface area is 393 Å². The van der Waals surface area contributed by atoms with Gasteiger partial charge in [0.05, 0.1) is 8.80 Å². The monoisotopic (exact) mass is 894 g/mol. The van der Waals surface area contributed by atoms with Crippen LogP contribution in [0.25, 0.3) is 55.0 Å². The van der Waals surface area contributed by atoms with Gasteiger partial charge in [0.1, 0.15) is 11.2 Å². The highest BCUT2D eigenvalue weighted by Gasteiger charge is 2.20. The van der Waals surface area contributed by atoms with Crippen LogP contribution in [0.1, 0.15) is 22.3 Å². The molecule has 3 nitrogen and oxygen atoms in total. The van der Waals surface area contributed by atoms with Gasteiger partial charge in [0.2, 0.25) is 0 Å². The number of hydrogen-bond donors (Lipinski definition) is 0. The summed E-state index contributed by atoms with van der Waals surface area (Å²) in [7, 11) is -2.00. The predicted molar refractivity (Wildman–Crippen MR) is 293 cm³/mol. The van der Waals surface area contributed by atoms with Crippen LogP contribution in [0.15, 0.2) is 191 Å². The minimum Gasteiger partial charge on any atom is -0.456 e. The third kappa shape index (κ3) is 8.57. The molecule has 9 aromatic carbocycles. The summed E-state index contributed by atoms with van der Waals surface area (Å²) in [6, 6.07) is 67.9. The van der Waals surface area contributed by atoms with Gasteiger partial charge >= 0.3 is 0 Å². The lowest BCUT2D eigenvalue weighted by atomic mass is 10.00. The van der Waals surface area contributed by atoms with Crippen molar-refractivity contribution in [2.75, 3.05) is 28.6 Å². The maximum Gasteiger partial charge on any atom is 0.137 e. The molecule has 0 saturated heterocycles. The summed E-state index contributed by atoms with van der Waals surface area (Å²) in [6.45, 7) is 13.5. The second-order valence-corrected chi connectivity index (χ2v) is 26.4. The van der Waals surface area contributed by atoms with Gasteiger partial charge in [-0.2, -0.15) is 0 Å². The van der Waals surface area contributed by atoms with E-state index in [1.165, 1.54) is 65.7 Å². The Kier molecular flexibility index (Phi) is 11.2. The summed E-state index contributed by atoms with van der Waals surface area (Å²) in [6.07, 6.45) is 7.07. The number of furan rings is 1. The van der Waals surface area contributed by atoms with Crippen LogP contribution in [0.5, 0.6) is 0 Å². The first-order valence-corrected chi connectivity index (χ1v) is 28.7. The number of hydrogen-bond acceptors (Lipinski definition) is 3. The maximum absolute atomic E-state index is 6.85. The molecule has 0 amide bonds. The summed E-state index contributed by atoms with van der Waals surface area (Å²) in [4.78, 5) is 6.14. The summed E-state index contributed by atoms with van der Waals surface area (Å²) >= 11 is 0. The van der Waals surface area contributed by atoms with Crippen LogP contribution in [-0.2, 0) is 0 Å². The zero-order chi connectivity index (χ0) is 45.9. The van der Waals surface area contributed by atoms with E-state index < -0.39 is 18.8 Å². The number of aryl methyl sites for hydroxylation is 4. The SMILES string of the molecule is Cc1cc(C)cc(-c2ccc(N(c3cccc([SiH](C)C)c3)c3ccc4cc5c(cc4c3)oc3cc(N(c4ccc(-c6cc(C)cc(C)c6)cc4)c4cccc(S(C)(C)C)c4)ccc35)cc2)c1. The van der Waals surface area contributed by atoms with Crippen molar-refractivity contribution in [1.82, 2.24) is 0 Å². The van der Waals surface area contributed by atoms with Crippen molar-refractivity contribution < 1.29 is 4.42 Å². The summed E-state index contributed by atoms with van der Waals surface area (Å²) in [5, 5.41) is 5.99. The number of nitrogens with zero attached hydrogens (tertiary/aromatic N) is 2. The molecule has 0 unspecified atom stereocenters. The molecule has 0 N–H and O–H groups in total. The summed E-state index contributed by atoms with van der Waals surface area (Å²) < 4.78 is 6.85. The van der Waals surface area contributed by atoms with Gasteiger partial charge in [-0.3, -0.25) is 0 Å². The van der Waals surface area contributed by atoms with Gasteiger partial charge in [-0.1, -0.05) is 125 Å². The molecule has 5 heteroatoms. The fourth-order valence-corrected chi connectivity index (χ4v) is 11.5. The van der Waals surface area contributed by atoms with E-state index in [1.807, 2.05) is 0 Å². The second kappa shape index (κ2) is 17.2. The fraction of sp³-hybridized carbons (Fsp3) is 0.148. The lowest BCUT2D eigenvalue weighted by Gasteiger charge is -2.30. The van der Waals surface area contributed by atoms with Gasteiger partial charge in [0, 0.05) is 51.0 Å². The van der Waals surface area contributed by atoms with Crippen molar-refractivity contribution in [3.05, 3.63) is 204 Å². The third-order valence-corrected chi connectivity index (χ3v) is 16.2. The van der Waals surface area contributed by atoms with Crippen LogP contribution in [0.3, 0.4) is 0 Å². The largest absolute Gasteiger partial charge is 0.456 e. The predicted octanol–water partition coefficient (Wildman–Crippen LogP) is 17.0. The van der Waals surface area contributed by atoms with E-state index in [0.29, 0.717) is 0 Å². The van der Waals surface area contributed by atoms with Gasteiger partial charge in [0.25, 0.3) is 0 Å². The Bertz CT molecular complexity index is 3390. The number of rotatable bonds is 10. The number of anilines is 6. The molecule has 0 aliphatic rings. The van der Waals surface area contributed by atoms with Crippen molar-refractivity contribution >= 4 is 90.8 Å². The molecular formula is C61H58N2OSSi. The molecule has 66 heavy (non-hydrogen) atoms. The molecule has 328 valence electrons. The Morgan fingerprint density at radius 3 is 1.42 bits per heavy atom. The highest BCUT2D eigenvalue weighted by molar-refractivity contribution is 8.32. The minimum absolute atomic E-state index is 0.868. The molecule has 0 radical (unpaired) electrons. The van der Waals surface area contributed by atoms with Gasteiger partial charge in [0.15, 0.2) is 0 Å². The van der Waals surface area contributed by atoms with Crippen LogP contribution in [0.4, 0.5) is 34.1 Å². The van der Waals surface area contributed by atoms with Crippen LogP contribution in [-0.4, -0.2) is 27.6 Å². The first kappa shape index (κ1) is 43.1. The van der Waals surface area contributed by atoms with E-state index >= 15 is 0 Å². The van der Waals surface area contributed by atoms with Crippen molar-refractivity contribution in [2.24, 2.45) is 0 Å². The van der Waals surface area contributed by atoms with Gasteiger partial charge in [-0.25, -0.2) is 10.0 Å². The average Bonchev–Trinajstić information content (AvgIpc) is 3.64. The maximum atomic E-state index is 6.85. The van der Waals surface area contributed by atoms with Crippen LogP contribution < -0.4 is 15.0 Å². The molecule has 1 aromatic heterocycles. The van der Waals surface area contributed by atoms with Crippen molar-refractivity contribution in [3.8, 4) is 22.3 Å². The zero-order valence-corrected chi connectivity index (χ0v) is 41.6. The summed E-state index contributed by atoms with van der Waals surface area (Å²) in [5.74, 6) is 0. The average molecular weight is 895 g/mol. The van der Waals surface area contributed by atoms with Crippen molar-refractivity contribution in [2.45, 2.75) is 45.7 Å². The quantitative estimate of drug-likeness (QED) is 0.128. The first-order chi connectivity index (χ1) is 31.7. The van der Waals surface area contributed by atoms with Crippen LogP contribution in [0, 0.1) is 27.7 Å². The van der Waals surface area contributed by atoms with Gasteiger partial charge < -0.3 is 14.2 Å². The molecule has 0 saturated carbocycles. The van der Waals surface area contributed by atoms with Crippen molar-refractivity contribution in [3.63, 3.8) is 0 Å². The lowest BCUT2D eigenvalue weighted by Crippen LogP contribution is -2.23. The van der Waals surface area contributed by atoms with Gasteiger partial charge in [-0.05, 0) is 175 Å². The topological polar surface area (TPSA) is 19.6 Å². The fourth-order valence-electron chi connectivity index (χ4n) is 9.58. The molecule has 1 heterocycles. The second-order valence-electron chi connectivity index (χ2n) is 19.3. The zero-order valence-electron chi connectivity index (χ0n) is 39.6. The highest BCUT2D eigenvalue weighted by Crippen LogP contribution is 2.48. The summed E-state index contributed by atoms with van der Waals surface area (Å²) in [5.41, 5.74) is 18.5. The number of benzene rings is 9. The highest BCUT2D eigenvalue weighted by atomic mass is 32.3. The Morgan fingerprint density at radius 2 is 0.864 bits per heavy atom. The molecule has 0 spiro atoms.